The quantitative estimate of drug-likeness (QED) is 0.505. The molecule has 34 heavy (non-hydrogen) atoms. The molecule has 0 bridgehead atoms. The van der Waals surface area contributed by atoms with Crippen molar-refractivity contribution in [2.24, 2.45) is 0 Å². The highest BCUT2D eigenvalue weighted by Crippen LogP contribution is 2.41. The molecule has 2 saturated carbocycles. The third-order valence-electron chi connectivity index (χ3n) is 7.79. The predicted octanol–water partition coefficient (Wildman–Crippen LogP) is 4.01. The van der Waals surface area contributed by atoms with Gasteiger partial charge < -0.3 is 4.98 Å². The Morgan fingerprint density at radius 2 is 1.88 bits per heavy atom. The van der Waals surface area contributed by atoms with Gasteiger partial charge in [0.15, 0.2) is 0 Å². The third-order valence-corrected chi connectivity index (χ3v) is 7.79. The lowest BCUT2D eigenvalue weighted by molar-refractivity contribution is 0.0988. The van der Waals surface area contributed by atoms with Crippen molar-refractivity contribution in [3.63, 3.8) is 0 Å². The Labute approximate surface area is 196 Å². The van der Waals surface area contributed by atoms with Gasteiger partial charge in [0.1, 0.15) is 11.6 Å². The normalized spacial score (nSPS) is 18.3. The van der Waals surface area contributed by atoms with Gasteiger partial charge in [-0.15, -0.1) is 10.2 Å². The predicted molar refractivity (Wildman–Crippen MR) is 129 cm³/mol. The number of pyridine rings is 1. The molecule has 4 aromatic rings. The first-order valence-corrected chi connectivity index (χ1v) is 12.3. The van der Waals surface area contributed by atoms with Crippen LogP contribution in [0.5, 0.6) is 0 Å². The average Bonchev–Trinajstić information content (AvgIpc) is 3.23. The van der Waals surface area contributed by atoms with Crippen molar-refractivity contribution < 1.29 is 4.79 Å². The molecule has 2 aliphatic carbocycles. The van der Waals surface area contributed by atoms with E-state index in [1.165, 1.54) is 31.2 Å². The second kappa shape index (κ2) is 7.22. The molecule has 0 unspecified atom stereocenters. The molecule has 3 aliphatic rings. The number of aromatic amines is 1. The van der Waals surface area contributed by atoms with E-state index in [1.54, 1.807) is 4.90 Å². The summed E-state index contributed by atoms with van der Waals surface area (Å²) in [4.78, 5) is 35.8. The van der Waals surface area contributed by atoms with Crippen molar-refractivity contribution in [3.8, 4) is 0 Å². The molecular weight excluding hydrogens is 428 g/mol. The van der Waals surface area contributed by atoms with Crippen LogP contribution in [0, 0.1) is 6.92 Å². The van der Waals surface area contributed by atoms with Gasteiger partial charge in [0.2, 0.25) is 5.65 Å². The first-order chi connectivity index (χ1) is 16.6. The van der Waals surface area contributed by atoms with E-state index >= 15 is 0 Å². The van der Waals surface area contributed by atoms with Gasteiger partial charge in [-0.2, -0.15) is 0 Å². The Kier molecular flexibility index (Phi) is 4.22. The number of anilines is 1. The van der Waals surface area contributed by atoms with Crippen LogP contribution < -0.4 is 10.5 Å². The Morgan fingerprint density at radius 3 is 2.68 bits per heavy atom. The molecule has 0 radical (unpaired) electrons. The minimum Gasteiger partial charge on any atom is -0.317 e. The van der Waals surface area contributed by atoms with Crippen molar-refractivity contribution in [3.05, 3.63) is 62.8 Å². The fraction of sp³-hybridized carbons (Fsp3) is 0.423. The largest absolute Gasteiger partial charge is 0.317 e. The number of carbonyl (C=O) groups is 1. The minimum absolute atomic E-state index is 0.0782. The minimum atomic E-state index is -0.285. The summed E-state index contributed by atoms with van der Waals surface area (Å²) in [5.41, 5.74) is 5.38. The fourth-order valence-electron chi connectivity index (χ4n) is 5.79. The molecule has 172 valence electrons. The monoisotopic (exact) mass is 454 g/mol. The van der Waals surface area contributed by atoms with Crippen LogP contribution in [0.2, 0.25) is 0 Å². The molecule has 3 aromatic heterocycles. The second-order valence-corrected chi connectivity index (χ2v) is 10.1. The summed E-state index contributed by atoms with van der Waals surface area (Å²) >= 11 is 0. The van der Waals surface area contributed by atoms with E-state index in [1.807, 2.05) is 29.7 Å². The summed E-state index contributed by atoms with van der Waals surface area (Å²) in [6.07, 6.45) is 9.70. The van der Waals surface area contributed by atoms with Gasteiger partial charge in [-0.3, -0.25) is 18.9 Å². The highest BCUT2D eigenvalue weighted by molar-refractivity contribution is 6.09. The smallest absolute Gasteiger partial charge is 0.294 e. The standard InChI is InChI=1S/C26H26N6O2/c1-14-10-21-20(28-25(33)24-30-29-23(32(21)24)16-4-2-3-5-16)12-19(14)26(34)31-9-8-17-11-18(15-6-7-15)13-27-22(17)31/h10-13,15-16H,2-9H2,1H3,(H,28,33). The Bertz CT molecular complexity index is 1540. The van der Waals surface area contributed by atoms with Crippen LogP contribution in [0.4, 0.5) is 5.82 Å². The van der Waals surface area contributed by atoms with Crippen LogP contribution in [-0.2, 0) is 6.42 Å². The molecular formula is C26H26N6O2. The summed E-state index contributed by atoms with van der Waals surface area (Å²) in [6.45, 7) is 2.57. The Morgan fingerprint density at radius 1 is 1.06 bits per heavy atom. The summed E-state index contributed by atoms with van der Waals surface area (Å²) in [5.74, 6) is 2.50. The molecule has 4 heterocycles. The maximum Gasteiger partial charge on any atom is 0.294 e. The van der Waals surface area contributed by atoms with Gasteiger partial charge in [0.05, 0.1) is 11.0 Å². The number of rotatable bonds is 3. The molecule has 1 N–H and O–H groups in total. The van der Waals surface area contributed by atoms with Crippen molar-refractivity contribution in [2.75, 3.05) is 11.4 Å². The maximum atomic E-state index is 13.6. The molecule has 8 nitrogen and oxygen atoms in total. The number of amides is 1. The number of nitrogens with zero attached hydrogens (tertiary/aromatic N) is 5. The third kappa shape index (κ3) is 2.94. The van der Waals surface area contributed by atoms with Gasteiger partial charge in [-0.1, -0.05) is 18.9 Å². The van der Waals surface area contributed by atoms with E-state index in [2.05, 4.69) is 26.2 Å². The number of aromatic nitrogens is 5. The van der Waals surface area contributed by atoms with Crippen LogP contribution >= 0.6 is 0 Å². The number of fused-ring (bicyclic) bond motifs is 4. The van der Waals surface area contributed by atoms with Crippen LogP contribution in [0.1, 0.15) is 83.2 Å². The van der Waals surface area contributed by atoms with E-state index in [0.717, 1.165) is 47.5 Å². The highest BCUT2D eigenvalue weighted by Gasteiger charge is 2.31. The molecule has 0 spiro atoms. The SMILES string of the molecule is Cc1cc2c(cc1C(=O)N1CCc3cc(C4CC4)cnc31)[nH]c(=O)c1nnc(C3CCCC3)n12. The van der Waals surface area contributed by atoms with Gasteiger partial charge in [-0.05, 0) is 73.8 Å². The van der Waals surface area contributed by atoms with Crippen LogP contribution in [0.15, 0.2) is 29.2 Å². The molecule has 0 saturated heterocycles. The summed E-state index contributed by atoms with van der Waals surface area (Å²) in [5, 5.41) is 8.59. The van der Waals surface area contributed by atoms with Crippen LogP contribution in [0.25, 0.3) is 16.7 Å². The van der Waals surface area contributed by atoms with Crippen LogP contribution in [0.3, 0.4) is 0 Å². The first-order valence-electron chi connectivity index (χ1n) is 12.3. The van der Waals surface area contributed by atoms with Gasteiger partial charge in [-0.25, -0.2) is 4.98 Å². The molecule has 1 aromatic carbocycles. The zero-order chi connectivity index (χ0) is 23.0. The van der Waals surface area contributed by atoms with Crippen molar-refractivity contribution in [1.29, 1.82) is 0 Å². The lowest BCUT2D eigenvalue weighted by Gasteiger charge is -2.18. The van der Waals surface area contributed by atoms with E-state index in [9.17, 15) is 9.59 Å². The number of aryl methyl sites for hydroxylation is 1. The van der Waals surface area contributed by atoms with Crippen LogP contribution in [-0.4, -0.2) is 37.0 Å². The lowest BCUT2D eigenvalue weighted by Crippen LogP contribution is -2.30. The van der Waals surface area contributed by atoms with Crippen molar-refractivity contribution >= 4 is 28.4 Å². The summed E-state index contributed by atoms with van der Waals surface area (Å²) < 4.78 is 1.90. The van der Waals surface area contributed by atoms with E-state index < -0.39 is 0 Å². The molecule has 7 rings (SSSR count). The van der Waals surface area contributed by atoms with Gasteiger partial charge in [0.25, 0.3) is 11.5 Å². The van der Waals surface area contributed by atoms with Gasteiger partial charge >= 0.3 is 0 Å². The molecule has 0 atom stereocenters. The Hall–Kier alpha value is -3.55. The molecule has 2 fully saturated rings. The van der Waals surface area contributed by atoms with Crippen molar-refractivity contribution in [1.82, 2.24) is 24.6 Å². The number of benzene rings is 1. The lowest BCUT2D eigenvalue weighted by atomic mass is 10.0. The van der Waals surface area contributed by atoms with Gasteiger partial charge in [0, 0.05) is 24.2 Å². The zero-order valence-electron chi connectivity index (χ0n) is 19.2. The number of nitrogens with one attached hydrogen (secondary N) is 1. The number of H-pyrrole nitrogens is 1. The van der Waals surface area contributed by atoms with E-state index in [-0.39, 0.29) is 11.5 Å². The number of carbonyl (C=O) groups excluding carboxylic acids is 1. The zero-order valence-corrected chi connectivity index (χ0v) is 19.2. The molecule has 1 aliphatic heterocycles. The maximum absolute atomic E-state index is 13.6. The number of hydrogen-bond acceptors (Lipinski definition) is 5. The number of hydrogen-bond donors (Lipinski definition) is 1. The fourth-order valence-corrected chi connectivity index (χ4v) is 5.79. The topological polar surface area (TPSA) is 96.2 Å². The van der Waals surface area contributed by atoms with E-state index in [4.69, 9.17) is 0 Å². The first kappa shape index (κ1) is 19.9. The second-order valence-electron chi connectivity index (χ2n) is 10.1. The Balaban J connectivity index is 1.32. The summed E-state index contributed by atoms with van der Waals surface area (Å²) in [7, 11) is 0. The van der Waals surface area contributed by atoms with E-state index in [0.29, 0.717) is 35.1 Å². The molecule has 1 amide bonds. The molecule has 8 heteroatoms. The average molecular weight is 455 g/mol. The van der Waals surface area contributed by atoms with Crippen molar-refractivity contribution in [2.45, 2.75) is 63.7 Å². The highest BCUT2D eigenvalue weighted by atomic mass is 16.2. The summed E-state index contributed by atoms with van der Waals surface area (Å²) in [6, 6.07) is 6.02.